The molecule has 2 nitrogen and oxygen atoms in total. The van der Waals surface area contributed by atoms with Gasteiger partial charge in [0.25, 0.3) is 0 Å². The zero-order valence-corrected chi connectivity index (χ0v) is 15.9. The fraction of sp³-hybridized carbons (Fsp3) is 0.500. The SMILES string of the molecule is C(=C\c1ccc(N2CCCCC2)s1)/c1ccc(N2CCCCC2)s1. The van der Waals surface area contributed by atoms with Crippen molar-refractivity contribution in [2.45, 2.75) is 38.5 Å². The predicted molar refractivity (Wildman–Crippen MR) is 110 cm³/mol. The summed E-state index contributed by atoms with van der Waals surface area (Å²) in [6.45, 7) is 4.92. The Balaban J connectivity index is 1.40. The molecule has 2 aromatic rings. The Hall–Kier alpha value is -1.26. The van der Waals surface area contributed by atoms with Crippen LogP contribution in [-0.2, 0) is 0 Å². The zero-order chi connectivity index (χ0) is 16.2. The van der Waals surface area contributed by atoms with Gasteiger partial charge in [0.1, 0.15) is 0 Å². The fourth-order valence-corrected chi connectivity index (χ4v) is 5.52. The van der Waals surface area contributed by atoms with Crippen LogP contribution in [0.5, 0.6) is 0 Å². The Labute approximate surface area is 153 Å². The van der Waals surface area contributed by atoms with Gasteiger partial charge in [0.05, 0.1) is 10.0 Å². The molecule has 0 aromatic carbocycles. The third-order valence-electron chi connectivity index (χ3n) is 4.97. The first kappa shape index (κ1) is 16.2. The number of nitrogens with zero attached hydrogens (tertiary/aromatic N) is 2. The number of hydrogen-bond acceptors (Lipinski definition) is 4. The molecule has 0 radical (unpaired) electrons. The summed E-state index contributed by atoms with van der Waals surface area (Å²) >= 11 is 3.85. The first-order chi connectivity index (χ1) is 11.9. The van der Waals surface area contributed by atoms with E-state index in [-0.39, 0.29) is 0 Å². The van der Waals surface area contributed by atoms with Crippen molar-refractivity contribution in [1.29, 1.82) is 0 Å². The van der Waals surface area contributed by atoms with Crippen molar-refractivity contribution in [2.75, 3.05) is 36.0 Å². The van der Waals surface area contributed by atoms with Crippen molar-refractivity contribution in [2.24, 2.45) is 0 Å². The summed E-state index contributed by atoms with van der Waals surface area (Å²) in [7, 11) is 0. The van der Waals surface area contributed by atoms with E-state index in [0.717, 1.165) is 0 Å². The van der Waals surface area contributed by atoms with E-state index in [1.807, 2.05) is 22.7 Å². The topological polar surface area (TPSA) is 6.48 Å². The highest BCUT2D eigenvalue weighted by Gasteiger charge is 2.13. The molecule has 0 amide bonds. The fourth-order valence-electron chi connectivity index (χ4n) is 3.60. The van der Waals surface area contributed by atoms with Crippen LogP contribution in [0.3, 0.4) is 0 Å². The molecule has 0 aliphatic carbocycles. The third-order valence-corrected chi connectivity index (χ3v) is 7.20. The summed E-state index contributed by atoms with van der Waals surface area (Å²) < 4.78 is 0. The maximum absolute atomic E-state index is 2.55. The van der Waals surface area contributed by atoms with E-state index in [0.29, 0.717) is 0 Å². The molecule has 0 N–H and O–H groups in total. The zero-order valence-electron chi connectivity index (χ0n) is 14.2. The monoisotopic (exact) mass is 358 g/mol. The van der Waals surface area contributed by atoms with E-state index >= 15 is 0 Å². The molecule has 2 saturated heterocycles. The van der Waals surface area contributed by atoms with Gasteiger partial charge in [-0.3, -0.25) is 0 Å². The van der Waals surface area contributed by atoms with Crippen LogP contribution < -0.4 is 9.80 Å². The van der Waals surface area contributed by atoms with E-state index < -0.39 is 0 Å². The Kier molecular flexibility index (Phi) is 5.24. The Morgan fingerprint density at radius 2 is 1.00 bits per heavy atom. The predicted octanol–water partition coefficient (Wildman–Crippen LogP) is 5.96. The first-order valence-corrected chi connectivity index (χ1v) is 10.9. The lowest BCUT2D eigenvalue weighted by Crippen LogP contribution is -2.28. The summed E-state index contributed by atoms with van der Waals surface area (Å²) in [5.41, 5.74) is 0. The lowest BCUT2D eigenvalue weighted by molar-refractivity contribution is 0.580. The van der Waals surface area contributed by atoms with Gasteiger partial charge in [-0.15, -0.1) is 22.7 Å². The second-order valence-electron chi connectivity index (χ2n) is 6.78. The highest BCUT2D eigenvalue weighted by atomic mass is 32.1. The van der Waals surface area contributed by atoms with Gasteiger partial charge in [-0.1, -0.05) is 0 Å². The molecule has 4 heterocycles. The summed E-state index contributed by atoms with van der Waals surface area (Å²) in [5, 5.41) is 2.88. The lowest BCUT2D eigenvalue weighted by Gasteiger charge is -2.27. The van der Waals surface area contributed by atoms with E-state index in [4.69, 9.17) is 0 Å². The van der Waals surface area contributed by atoms with Crippen LogP contribution >= 0.6 is 22.7 Å². The molecule has 0 unspecified atom stereocenters. The first-order valence-electron chi connectivity index (χ1n) is 9.26. The molecule has 2 aromatic heterocycles. The molecule has 4 heteroatoms. The Bertz CT molecular complexity index is 615. The number of hydrogen-bond donors (Lipinski definition) is 0. The number of anilines is 2. The van der Waals surface area contributed by atoms with Gasteiger partial charge in [0.15, 0.2) is 0 Å². The second-order valence-corrected chi connectivity index (χ2v) is 8.97. The van der Waals surface area contributed by atoms with Crippen molar-refractivity contribution < 1.29 is 0 Å². The smallest absolute Gasteiger partial charge is 0.0914 e. The maximum Gasteiger partial charge on any atom is 0.0914 e. The summed E-state index contributed by atoms with van der Waals surface area (Å²) in [6.07, 6.45) is 12.7. The molecule has 2 aliphatic rings. The Morgan fingerprint density at radius 3 is 1.42 bits per heavy atom. The molecule has 0 atom stereocenters. The third kappa shape index (κ3) is 3.86. The molecule has 0 saturated carbocycles. The summed E-state index contributed by atoms with van der Waals surface area (Å²) in [4.78, 5) is 7.82. The van der Waals surface area contributed by atoms with Crippen molar-refractivity contribution in [3.05, 3.63) is 34.0 Å². The van der Waals surface area contributed by atoms with Crippen LogP contribution in [0.4, 0.5) is 10.0 Å². The van der Waals surface area contributed by atoms with Crippen LogP contribution in [0.2, 0.25) is 0 Å². The van der Waals surface area contributed by atoms with Crippen molar-refractivity contribution in [3.63, 3.8) is 0 Å². The molecule has 0 spiro atoms. The van der Waals surface area contributed by atoms with Gasteiger partial charge in [-0.05, 0) is 74.9 Å². The van der Waals surface area contributed by atoms with Gasteiger partial charge in [-0.25, -0.2) is 0 Å². The van der Waals surface area contributed by atoms with Crippen LogP contribution in [0.1, 0.15) is 48.3 Å². The largest absolute Gasteiger partial charge is 0.363 e. The van der Waals surface area contributed by atoms with Gasteiger partial charge >= 0.3 is 0 Å². The minimum absolute atomic E-state index is 1.23. The molecule has 128 valence electrons. The summed E-state index contributed by atoms with van der Waals surface area (Å²) in [5.74, 6) is 0. The van der Waals surface area contributed by atoms with Gasteiger partial charge in [-0.2, -0.15) is 0 Å². The molecular weight excluding hydrogens is 332 g/mol. The molecule has 2 aliphatic heterocycles. The van der Waals surface area contributed by atoms with Gasteiger partial charge < -0.3 is 9.80 Å². The van der Waals surface area contributed by atoms with Crippen LogP contribution in [-0.4, -0.2) is 26.2 Å². The normalized spacial score (nSPS) is 19.3. The average molecular weight is 359 g/mol. The molecule has 4 rings (SSSR count). The quantitative estimate of drug-likeness (QED) is 0.665. The minimum Gasteiger partial charge on any atom is -0.363 e. The number of thiophene rings is 2. The van der Waals surface area contributed by atoms with E-state index in [1.54, 1.807) is 0 Å². The highest BCUT2D eigenvalue weighted by Crippen LogP contribution is 2.32. The molecule has 2 fully saturated rings. The van der Waals surface area contributed by atoms with Crippen LogP contribution in [0, 0.1) is 0 Å². The molecule has 24 heavy (non-hydrogen) atoms. The van der Waals surface area contributed by atoms with E-state index in [9.17, 15) is 0 Å². The van der Waals surface area contributed by atoms with E-state index in [2.05, 4.69) is 46.2 Å². The number of rotatable bonds is 4. The maximum atomic E-state index is 2.55. The highest BCUT2D eigenvalue weighted by molar-refractivity contribution is 7.17. The minimum atomic E-state index is 1.23. The number of piperidine rings is 2. The van der Waals surface area contributed by atoms with Crippen molar-refractivity contribution in [1.82, 2.24) is 0 Å². The van der Waals surface area contributed by atoms with Crippen LogP contribution in [0.25, 0.3) is 12.2 Å². The lowest BCUT2D eigenvalue weighted by atomic mass is 10.1. The van der Waals surface area contributed by atoms with Crippen LogP contribution in [0.15, 0.2) is 24.3 Å². The van der Waals surface area contributed by atoms with Gasteiger partial charge in [0, 0.05) is 35.9 Å². The average Bonchev–Trinajstić information content (AvgIpc) is 3.31. The second kappa shape index (κ2) is 7.75. The van der Waals surface area contributed by atoms with Crippen molar-refractivity contribution in [3.8, 4) is 0 Å². The molecule has 0 bridgehead atoms. The van der Waals surface area contributed by atoms with Crippen molar-refractivity contribution >= 4 is 44.8 Å². The Morgan fingerprint density at radius 1 is 0.583 bits per heavy atom. The summed E-state index contributed by atoms with van der Waals surface area (Å²) in [6, 6.07) is 9.13. The molecular formula is C20H26N2S2. The van der Waals surface area contributed by atoms with Gasteiger partial charge in [0.2, 0.25) is 0 Å². The van der Waals surface area contributed by atoms with E-state index in [1.165, 1.54) is 84.5 Å². The standard InChI is InChI=1S/C20H26N2S2/c1-3-13-21(14-4-1)19-11-9-17(23-19)7-8-18-10-12-20(24-18)22-15-5-2-6-16-22/h7-12H,1-6,13-16H2/b8-7+.